The van der Waals surface area contributed by atoms with Crippen LogP contribution in [0.1, 0.15) is 31.0 Å². The van der Waals surface area contributed by atoms with E-state index >= 15 is 0 Å². The molecule has 0 unspecified atom stereocenters. The van der Waals surface area contributed by atoms with Gasteiger partial charge in [0.2, 0.25) is 0 Å². The average molecular weight is 468 g/mol. The number of aromatic nitrogens is 2. The Kier molecular flexibility index (Phi) is 6.83. The maximum atomic E-state index is 13.5. The molecular weight excluding hydrogens is 445 g/mol. The van der Waals surface area contributed by atoms with Gasteiger partial charge >= 0.3 is 6.03 Å². The molecule has 0 aliphatic carbocycles. The van der Waals surface area contributed by atoms with Crippen molar-refractivity contribution >= 4 is 28.3 Å². The number of benzene rings is 3. The zero-order valence-corrected chi connectivity index (χ0v) is 18.4. The molecule has 176 valence electrons. The fraction of sp³-hybridized carbons (Fsp3) is 0.200. The second-order valence-electron chi connectivity index (χ2n) is 7.85. The molecule has 3 N–H and O–H groups in total. The quantitative estimate of drug-likeness (QED) is 0.295. The Hall–Kier alpha value is -3.85. The second-order valence-corrected chi connectivity index (χ2v) is 7.85. The predicted molar refractivity (Wildman–Crippen MR) is 125 cm³/mol. The van der Waals surface area contributed by atoms with Crippen LogP contribution in [-0.2, 0) is 13.0 Å². The fourth-order valence-electron chi connectivity index (χ4n) is 3.73. The smallest absolute Gasteiger partial charge is 0.324 e. The summed E-state index contributed by atoms with van der Waals surface area (Å²) in [6.45, 7) is 1.88. The molecule has 4 aromatic rings. The van der Waals surface area contributed by atoms with E-state index in [-0.39, 0.29) is 12.3 Å². The zero-order chi connectivity index (χ0) is 24.2. The lowest BCUT2D eigenvalue weighted by atomic mass is 10.0. The highest BCUT2D eigenvalue weighted by Gasteiger charge is 2.16. The van der Waals surface area contributed by atoms with E-state index in [0.717, 1.165) is 29.3 Å². The minimum absolute atomic E-state index is 0.177. The Bertz CT molecular complexity index is 1330. The van der Waals surface area contributed by atoms with Gasteiger partial charge in [0.25, 0.3) is 0 Å². The van der Waals surface area contributed by atoms with Crippen molar-refractivity contribution in [3.05, 3.63) is 83.3 Å². The molecule has 1 heterocycles. The number of aryl methyl sites for hydroxylation is 1. The Morgan fingerprint density at radius 3 is 2.47 bits per heavy atom. The molecule has 0 aliphatic heterocycles. The van der Waals surface area contributed by atoms with Gasteiger partial charge in [-0.1, -0.05) is 37.6 Å². The van der Waals surface area contributed by atoms with E-state index in [0.29, 0.717) is 35.6 Å². The number of rotatable bonds is 7. The van der Waals surface area contributed by atoms with Crippen LogP contribution in [0.5, 0.6) is 0 Å². The third-order valence-electron chi connectivity index (χ3n) is 5.38. The van der Waals surface area contributed by atoms with Gasteiger partial charge in [0, 0.05) is 23.9 Å². The number of nitrogens with zero attached hydrogens (tertiary/aromatic N) is 2. The van der Waals surface area contributed by atoms with Crippen molar-refractivity contribution in [2.45, 2.75) is 32.8 Å². The molecule has 0 spiro atoms. The normalized spacial score (nSPS) is 11.1. The molecule has 0 saturated heterocycles. The van der Waals surface area contributed by atoms with Crippen LogP contribution in [0.4, 0.5) is 29.5 Å². The van der Waals surface area contributed by atoms with Crippen LogP contribution in [0.25, 0.3) is 16.5 Å². The number of amides is 2. The van der Waals surface area contributed by atoms with E-state index in [9.17, 15) is 23.1 Å². The zero-order valence-electron chi connectivity index (χ0n) is 18.4. The molecule has 2 amide bonds. The third kappa shape index (κ3) is 4.89. The highest BCUT2D eigenvalue weighted by atomic mass is 19.2. The van der Waals surface area contributed by atoms with E-state index in [4.69, 9.17) is 0 Å². The average Bonchev–Trinajstić information content (AvgIpc) is 3.22. The van der Waals surface area contributed by atoms with Gasteiger partial charge in [0.1, 0.15) is 5.82 Å². The van der Waals surface area contributed by atoms with Crippen LogP contribution in [0.3, 0.4) is 0 Å². The topological polar surface area (TPSA) is 79.2 Å². The van der Waals surface area contributed by atoms with Crippen LogP contribution < -0.4 is 10.6 Å². The summed E-state index contributed by atoms with van der Waals surface area (Å²) in [6.07, 6.45) is 2.55. The molecule has 1 aromatic heterocycles. The summed E-state index contributed by atoms with van der Waals surface area (Å²) < 4.78 is 41.8. The Balaban J connectivity index is 1.68. The maximum Gasteiger partial charge on any atom is 0.324 e. The number of aliphatic hydroxyl groups excluding tert-OH is 1. The summed E-state index contributed by atoms with van der Waals surface area (Å²) >= 11 is 0. The molecule has 0 bridgehead atoms. The number of urea groups is 1. The van der Waals surface area contributed by atoms with E-state index in [1.54, 1.807) is 16.8 Å². The highest BCUT2D eigenvalue weighted by Crippen LogP contribution is 2.26. The van der Waals surface area contributed by atoms with E-state index < -0.39 is 23.5 Å². The third-order valence-corrected chi connectivity index (χ3v) is 5.38. The number of aliphatic hydroxyl groups is 1. The number of hydrogen-bond acceptors (Lipinski definition) is 3. The first kappa shape index (κ1) is 23.3. The van der Waals surface area contributed by atoms with Gasteiger partial charge in [-0.2, -0.15) is 5.10 Å². The first-order chi connectivity index (χ1) is 16.4. The summed E-state index contributed by atoms with van der Waals surface area (Å²) in [4.78, 5) is 12.6. The number of unbranched alkanes of at least 4 members (excludes halogenated alkanes) is 1. The number of fused-ring (bicyclic) bond motifs is 1. The Labute approximate surface area is 194 Å². The highest BCUT2D eigenvalue weighted by molar-refractivity contribution is 5.99. The first-order valence-electron chi connectivity index (χ1n) is 10.8. The van der Waals surface area contributed by atoms with Crippen molar-refractivity contribution in [3.63, 3.8) is 0 Å². The molecular formula is C25H23F3N4O2. The van der Waals surface area contributed by atoms with E-state index in [1.165, 1.54) is 0 Å². The molecule has 34 heavy (non-hydrogen) atoms. The number of halogens is 3. The number of carbonyl (C=O) groups excluding carboxylic acids is 1. The minimum Gasteiger partial charge on any atom is -0.392 e. The summed E-state index contributed by atoms with van der Waals surface area (Å²) in [5.74, 6) is -4.10. The minimum atomic E-state index is -1.61. The maximum absolute atomic E-state index is 13.5. The molecule has 0 atom stereocenters. The lowest BCUT2D eigenvalue weighted by Crippen LogP contribution is -2.21. The van der Waals surface area contributed by atoms with Crippen LogP contribution >= 0.6 is 0 Å². The molecule has 6 nitrogen and oxygen atoms in total. The van der Waals surface area contributed by atoms with Gasteiger partial charge < -0.3 is 10.4 Å². The van der Waals surface area contributed by atoms with Gasteiger partial charge in [-0.25, -0.2) is 22.6 Å². The molecule has 0 aliphatic rings. The van der Waals surface area contributed by atoms with Crippen LogP contribution in [-0.4, -0.2) is 20.9 Å². The molecule has 0 fully saturated rings. The first-order valence-corrected chi connectivity index (χ1v) is 10.8. The van der Waals surface area contributed by atoms with Crippen molar-refractivity contribution in [2.24, 2.45) is 0 Å². The Morgan fingerprint density at radius 1 is 1.03 bits per heavy atom. The van der Waals surface area contributed by atoms with Gasteiger partial charge in [-0.3, -0.25) is 5.32 Å². The van der Waals surface area contributed by atoms with Gasteiger partial charge in [0.15, 0.2) is 17.5 Å². The van der Waals surface area contributed by atoms with Crippen molar-refractivity contribution in [2.75, 3.05) is 10.6 Å². The van der Waals surface area contributed by atoms with Crippen LogP contribution in [0.2, 0.25) is 0 Å². The van der Waals surface area contributed by atoms with Crippen molar-refractivity contribution < 1.29 is 23.1 Å². The van der Waals surface area contributed by atoms with Gasteiger partial charge in [-0.15, -0.1) is 0 Å². The van der Waals surface area contributed by atoms with Crippen molar-refractivity contribution in [3.8, 4) is 5.69 Å². The number of nitrogens with one attached hydrogen (secondary N) is 2. The standard InChI is InChI=1S/C25H23F3N4O2/c1-2-3-7-17-13-23(30-25(34)29-18-11-21(26)24(28)22(27)12-18)32(31-17)19-9-15-6-4-5-8-20(15)16(10-19)14-33/h4-6,8-13,33H,2-3,7,14H2,1H3,(H2,29,30,34). The monoisotopic (exact) mass is 468 g/mol. The van der Waals surface area contributed by atoms with E-state index in [2.05, 4.69) is 22.7 Å². The SMILES string of the molecule is CCCCc1cc(NC(=O)Nc2cc(F)c(F)c(F)c2)n(-c2cc(CO)c3ccccc3c2)n1. The summed E-state index contributed by atoms with van der Waals surface area (Å²) in [5, 5.41) is 21.2. The molecule has 3 aromatic carbocycles. The van der Waals surface area contributed by atoms with E-state index in [1.807, 2.05) is 30.3 Å². The molecule has 9 heteroatoms. The van der Waals surface area contributed by atoms with Crippen LogP contribution in [0.15, 0.2) is 54.6 Å². The molecule has 0 radical (unpaired) electrons. The number of anilines is 2. The summed E-state index contributed by atoms with van der Waals surface area (Å²) in [5.41, 5.74) is 1.83. The van der Waals surface area contributed by atoms with Crippen LogP contribution in [0, 0.1) is 17.5 Å². The lowest BCUT2D eigenvalue weighted by molar-refractivity contribution is 0.262. The largest absolute Gasteiger partial charge is 0.392 e. The van der Waals surface area contributed by atoms with Crippen molar-refractivity contribution in [1.82, 2.24) is 9.78 Å². The second kappa shape index (κ2) is 9.96. The Morgan fingerprint density at radius 2 is 1.76 bits per heavy atom. The van der Waals surface area contributed by atoms with Crippen molar-refractivity contribution in [1.29, 1.82) is 0 Å². The molecule has 4 rings (SSSR count). The summed E-state index contributed by atoms with van der Waals surface area (Å²) in [7, 11) is 0. The van der Waals surface area contributed by atoms with Gasteiger partial charge in [0.05, 0.1) is 18.0 Å². The molecule has 0 saturated carbocycles. The van der Waals surface area contributed by atoms with Gasteiger partial charge in [-0.05, 0) is 41.3 Å². The summed E-state index contributed by atoms with van der Waals surface area (Å²) in [6, 6.07) is 13.6. The predicted octanol–water partition coefficient (Wildman–Crippen LogP) is 5.92. The number of hydrogen-bond donors (Lipinski definition) is 3. The lowest BCUT2D eigenvalue weighted by Gasteiger charge is -2.13. The fourth-order valence-corrected chi connectivity index (χ4v) is 3.73. The number of carbonyl (C=O) groups is 1.